The van der Waals surface area contributed by atoms with Gasteiger partial charge in [-0.3, -0.25) is 9.59 Å². The lowest BCUT2D eigenvalue weighted by atomic mass is 10.2. The van der Waals surface area contributed by atoms with Gasteiger partial charge in [0.2, 0.25) is 0 Å². The predicted octanol–water partition coefficient (Wildman–Crippen LogP) is -0.301. The number of primary amides is 1. The van der Waals surface area contributed by atoms with Crippen molar-refractivity contribution in [2.24, 2.45) is 5.73 Å². The molecule has 0 saturated carbocycles. The maximum absolute atomic E-state index is 10.6. The Labute approximate surface area is 67.8 Å². The largest absolute Gasteiger partial charge is 0.505 e. The van der Waals surface area contributed by atoms with Gasteiger partial charge in [0.15, 0.2) is 17.7 Å². The Morgan fingerprint density at radius 2 is 2.33 bits per heavy atom. The van der Waals surface area contributed by atoms with Crippen LogP contribution in [0.2, 0.25) is 0 Å². The SMILES string of the molecule is NC(=O)c1nccc(C=O)c1O. The molecule has 12 heavy (non-hydrogen) atoms. The quantitative estimate of drug-likeness (QED) is 0.589. The van der Waals surface area contributed by atoms with E-state index in [1.54, 1.807) is 0 Å². The summed E-state index contributed by atoms with van der Waals surface area (Å²) in [6.07, 6.45) is 1.65. The van der Waals surface area contributed by atoms with E-state index in [4.69, 9.17) is 10.8 Å². The Hall–Kier alpha value is -1.91. The number of hydrogen-bond acceptors (Lipinski definition) is 4. The molecule has 0 unspecified atom stereocenters. The molecule has 1 heterocycles. The van der Waals surface area contributed by atoms with E-state index >= 15 is 0 Å². The molecule has 1 rings (SSSR count). The molecular weight excluding hydrogens is 160 g/mol. The van der Waals surface area contributed by atoms with Gasteiger partial charge in [0.05, 0.1) is 5.56 Å². The number of rotatable bonds is 2. The number of nitrogens with zero attached hydrogens (tertiary/aromatic N) is 1. The first-order valence-electron chi connectivity index (χ1n) is 3.09. The number of carbonyl (C=O) groups excluding carboxylic acids is 2. The zero-order valence-electron chi connectivity index (χ0n) is 6.02. The normalized spacial score (nSPS) is 9.33. The van der Waals surface area contributed by atoms with Crippen LogP contribution < -0.4 is 5.73 Å². The Balaban J connectivity index is 3.32. The van der Waals surface area contributed by atoms with E-state index < -0.39 is 11.7 Å². The maximum atomic E-state index is 10.6. The zero-order chi connectivity index (χ0) is 9.14. The molecule has 0 fully saturated rings. The van der Waals surface area contributed by atoms with Crippen LogP contribution in [0.25, 0.3) is 0 Å². The lowest BCUT2D eigenvalue weighted by Gasteiger charge is -1.99. The molecule has 0 aliphatic carbocycles. The molecule has 0 spiro atoms. The van der Waals surface area contributed by atoms with Gasteiger partial charge in [-0.05, 0) is 6.07 Å². The van der Waals surface area contributed by atoms with Crippen LogP contribution in [0.15, 0.2) is 12.3 Å². The number of pyridine rings is 1. The van der Waals surface area contributed by atoms with E-state index in [1.807, 2.05) is 0 Å². The molecule has 0 aliphatic heterocycles. The molecule has 0 atom stereocenters. The maximum Gasteiger partial charge on any atom is 0.271 e. The Morgan fingerprint density at radius 1 is 1.67 bits per heavy atom. The smallest absolute Gasteiger partial charge is 0.271 e. The molecule has 0 aliphatic rings. The molecule has 1 aromatic heterocycles. The number of aromatic hydroxyl groups is 1. The van der Waals surface area contributed by atoms with Gasteiger partial charge in [0.1, 0.15) is 0 Å². The average Bonchev–Trinajstić information content (AvgIpc) is 2.04. The third-order valence-electron chi connectivity index (χ3n) is 1.32. The molecule has 5 nitrogen and oxygen atoms in total. The lowest BCUT2D eigenvalue weighted by molar-refractivity contribution is 0.0992. The van der Waals surface area contributed by atoms with Gasteiger partial charge in [-0.25, -0.2) is 4.98 Å². The van der Waals surface area contributed by atoms with Gasteiger partial charge < -0.3 is 10.8 Å². The van der Waals surface area contributed by atoms with Gasteiger partial charge >= 0.3 is 0 Å². The summed E-state index contributed by atoms with van der Waals surface area (Å²) >= 11 is 0. The second-order valence-corrected chi connectivity index (χ2v) is 2.08. The highest BCUT2D eigenvalue weighted by Crippen LogP contribution is 2.17. The topological polar surface area (TPSA) is 93.3 Å². The summed E-state index contributed by atoms with van der Waals surface area (Å²) in [7, 11) is 0. The second-order valence-electron chi connectivity index (χ2n) is 2.08. The van der Waals surface area contributed by atoms with E-state index in [0.29, 0.717) is 6.29 Å². The van der Waals surface area contributed by atoms with Crippen LogP contribution >= 0.6 is 0 Å². The fraction of sp³-hybridized carbons (Fsp3) is 0. The number of nitrogens with two attached hydrogens (primary N) is 1. The van der Waals surface area contributed by atoms with Crippen molar-refractivity contribution >= 4 is 12.2 Å². The van der Waals surface area contributed by atoms with Gasteiger partial charge in [0.25, 0.3) is 5.91 Å². The first kappa shape index (κ1) is 8.19. The van der Waals surface area contributed by atoms with Crippen LogP contribution in [-0.2, 0) is 0 Å². The molecule has 1 aromatic rings. The van der Waals surface area contributed by atoms with Gasteiger partial charge in [0, 0.05) is 6.20 Å². The van der Waals surface area contributed by atoms with E-state index in [9.17, 15) is 9.59 Å². The minimum Gasteiger partial charge on any atom is -0.505 e. The predicted molar refractivity (Wildman–Crippen MR) is 39.8 cm³/mol. The summed E-state index contributed by atoms with van der Waals surface area (Å²) in [4.78, 5) is 24.3. The number of hydrogen-bond donors (Lipinski definition) is 2. The van der Waals surface area contributed by atoms with E-state index in [1.165, 1.54) is 12.3 Å². The lowest BCUT2D eigenvalue weighted by Crippen LogP contribution is -2.13. The van der Waals surface area contributed by atoms with Crippen LogP contribution in [0, 0.1) is 0 Å². The summed E-state index contributed by atoms with van der Waals surface area (Å²) in [5.74, 6) is -1.34. The fourth-order valence-corrected chi connectivity index (χ4v) is 0.744. The van der Waals surface area contributed by atoms with E-state index in [0.717, 1.165) is 0 Å². The summed E-state index contributed by atoms with van der Waals surface area (Å²) < 4.78 is 0. The first-order chi connectivity index (χ1) is 5.66. The second kappa shape index (κ2) is 3.00. The first-order valence-corrected chi connectivity index (χ1v) is 3.09. The zero-order valence-corrected chi connectivity index (χ0v) is 6.02. The number of carbonyl (C=O) groups is 2. The van der Waals surface area contributed by atoms with Gasteiger partial charge in [-0.1, -0.05) is 0 Å². The summed E-state index contributed by atoms with van der Waals surface area (Å²) in [6, 6.07) is 1.29. The molecular formula is C7H6N2O3. The molecule has 0 radical (unpaired) electrons. The highest BCUT2D eigenvalue weighted by atomic mass is 16.3. The number of aldehydes is 1. The fourth-order valence-electron chi connectivity index (χ4n) is 0.744. The van der Waals surface area contributed by atoms with Crippen molar-refractivity contribution in [1.29, 1.82) is 0 Å². The molecule has 0 bridgehead atoms. The Bertz CT molecular complexity index is 335. The summed E-state index contributed by atoms with van der Waals surface area (Å²) in [5.41, 5.74) is 4.57. The Kier molecular flexibility index (Phi) is 2.05. The van der Waals surface area contributed by atoms with Crippen LogP contribution in [0.5, 0.6) is 5.75 Å². The summed E-state index contributed by atoms with van der Waals surface area (Å²) in [6.45, 7) is 0. The van der Waals surface area contributed by atoms with Crippen molar-refractivity contribution in [3.63, 3.8) is 0 Å². The van der Waals surface area contributed by atoms with Crippen LogP contribution in [-0.4, -0.2) is 22.3 Å². The minimum absolute atomic E-state index is 0.00111. The van der Waals surface area contributed by atoms with Crippen molar-refractivity contribution in [2.45, 2.75) is 0 Å². The van der Waals surface area contributed by atoms with Crippen molar-refractivity contribution in [1.82, 2.24) is 4.98 Å². The van der Waals surface area contributed by atoms with E-state index in [2.05, 4.69) is 4.98 Å². The van der Waals surface area contributed by atoms with Crippen molar-refractivity contribution in [3.05, 3.63) is 23.5 Å². The van der Waals surface area contributed by atoms with Crippen molar-refractivity contribution < 1.29 is 14.7 Å². The highest BCUT2D eigenvalue weighted by molar-refractivity contribution is 5.96. The Morgan fingerprint density at radius 3 is 2.83 bits per heavy atom. The highest BCUT2D eigenvalue weighted by Gasteiger charge is 2.11. The van der Waals surface area contributed by atoms with Gasteiger partial charge in [-0.15, -0.1) is 0 Å². The molecule has 62 valence electrons. The number of aromatic nitrogens is 1. The van der Waals surface area contributed by atoms with E-state index in [-0.39, 0.29) is 11.3 Å². The number of amides is 1. The van der Waals surface area contributed by atoms with Crippen LogP contribution in [0.1, 0.15) is 20.8 Å². The third-order valence-corrected chi connectivity index (χ3v) is 1.32. The van der Waals surface area contributed by atoms with Crippen molar-refractivity contribution in [3.8, 4) is 5.75 Å². The molecule has 0 saturated heterocycles. The average molecular weight is 166 g/mol. The van der Waals surface area contributed by atoms with Crippen molar-refractivity contribution in [2.75, 3.05) is 0 Å². The molecule has 3 N–H and O–H groups in total. The van der Waals surface area contributed by atoms with Crippen LogP contribution in [0.4, 0.5) is 0 Å². The van der Waals surface area contributed by atoms with Crippen LogP contribution in [0.3, 0.4) is 0 Å². The third kappa shape index (κ3) is 1.24. The minimum atomic E-state index is -0.865. The standard InChI is InChI=1S/C7H6N2O3/c8-7(12)5-6(11)4(3-10)1-2-9-5/h1-3,11H,(H2,8,12). The molecule has 5 heteroatoms. The molecule has 1 amide bonds. The van der Waals surface area contributed by atoms with Gasteiger partial charge in [-0.2, -0.15) is 0 Å². The monoisotopic (exact) mass is 166 g/mol. The summed E-state index contributed by atoms with van der Waals surface area (Å²) in [5, 5.41) is 9.16. The molecule has 0 aromatic carbocycles.